The Balaban J connectivity index is 1.93. The molecule has 2 rings (SSSR count). The summed E-state index contributed by atoms with van der Waals surface area (Å²) < 4.78 is 23.9. The quantitative estimate of drug-likeness (QED) is 0.662. The number of nitrogen functional groups attached to an aromatic ring is 1. The lowest BCUT2D eigenvalue weighted by molar-refractivity contribution is -0.00290. The molecule has 1 aliphatic heterocycles. The minimum absolute atomic E-state index is 0.0897. The van der Waals surface area contributed by atoms with Crippen molar-refractivity contribution in [1.29, 1.82) is 0 Å². The van der Waals surface area contributed by atoms with Crippen LogP contribution in [-0.4, -0.2) is 24.8 Å². The summed E-state index contributed by atoms with van der Waals surface area (Å²) in [7, 11) is 0. The second kappa shape index (κ2) is 5.35. The molecular weight excluding hydrogens is 237 g/mol. The molecule has 2 N–H and O–H groups in total. The molecule has 0 aromatic heterocycles. The molecule has 2 atom stereocenters. The maximum absolute atomic E-state index is 13.4. The molecule has 0 spiro atoms. The summed E-state index contributed by atoms with van der Waals surface area (Å²) in [5, 5.41) is 0. The zero-order valence-electron chi connectivity index (χ0n) is 10.2. The van der Waals surface area contributed by atoms with E-state index in [1.165, 1.54) is 12.1 Å². The van der Waals surface area contributed by atoms with Crippen LogP contribution in [0.2, 0.25) is 0 Å². The third-order valence-electron chi connectivity index (χ3n) is 2.93. The van der Waals surface area contributed by atoms with Crippen molar-refractivity contribution in [3.63, 3.8) is 0 Å². The van der Waals surface area contributed by atoms with Gasteiger partial charge in [-0.15, -0.1) is 0 Å². The second-order valence-corrected chi connectivity index (χ2v) is 4.48. The summed E-state index contributed by atoms with van der Waals surface area (Å²) in [5.74, 6) is -1.34. The summed E-state index contributed by atoms with van der Waals surface area (Å²) in [4.78, 5) is 11.7. The van der Waals surface area contributed by atoms with Crippen LogP contribution >= 0.6 is 0 Å². The van der Waals surface area contributed by atoms with Crippen LogP contribution in [0.4, 0.5) is 10.1 Å². The van der Waals surface area contributed by atoms with Crippen LogP contribution in [0.5, 0.6) is 0 Å². The average molecular weight is 253 g/mol. The minimum Gasteiger partial charge on any atom is -0.459 e. The van der Waals surface area contributed by atoms with Crippen molar-refractivity contribution in [3.8, 4) is 0 Å². The van der Waals surface area contributed by atoms with Gasteiger partial charge in [0.25, 0.3) is 0 Å². The predicted molar refractivity (Wildman–Crippen MR) is 64.7 cm³/mol. The molecule has 98 valence electrons. The molecule has 1 aliphatic rings. The number of ether oxygens (including phenoxy) is 2. The monoisotopic (exact) mass is 253 g/mol. The Hall–Kier alpha value is -1.62. The SMILES string of the molecule is CC1CCC(COC(=O)c2cc(N)ccc2F)O1. The first kappa shape index (κ1) is 12.8. The smallest absolute Gasteiger partial charge is 0.341 e. The van der Waals surface area contributed by atoms with Crippen LogP contribution in [0.15, 0.2) is 18.2 Å². The zero-order chi connectivity index (χ0) is 13.1. The van der Waals surface area contributed by atoms with Crippen molar-refractivity contribution in [2.24, 2.45) is 0 Å². The molecule has 18 heavy (non-hydrogen) atoms. The van der Waals surface area contributed by atoms with Gasteiger partial charge in [-0.05, 0) is 38.0 Å². The first-order chi connectivity index (χ1) is 8.56. The molecule has 1 aromatic rings. The van der Waals surface area contributed by atoms with Crippen molar-refractivity contribution in [3.05, 3.63) is 29.6 Å². The molecule has 1 saturated heterocycles. The van der Waals surface area contributed by atoms with Gasteiger partial charge in [0.2, 0.25) is 0 Å². The lowest BCUT2D eigenvalue weighted by Crippen LogP contribution is -2.19. The van der Waals surface area contributed by atoms with E-state index in [-0.39, 0.29) is 24.4 Å². The van der Waals surface area contributed by atoms with Gasteiger partial charge in [0.1, 0.15) is 12.4 Å². The maximum Gasteiger partial charge on any atom is 0.341 e. The van der Waals surface area contributed by atoms with E-state index in [9.17, 15) is 9.18 Å². The third-order valence-corrected chi connectivity index (χ3v) is 2.93. The molecule has 0 amide bonds. The summed E-state index contributed by atoms with van der Waals surface area (Å²) >= 11 is 0. The topological polar surface area (TPSA) is 61.5 Å². The van der Waals surface area contributed by atoms with E-state index < -0.39 is 11.8 Å². The fourth-order valence-corrected chi connectivity index (χ4v) is 1.95. The molecule has 4 nitrogen and oxygen atoms in total. The van der Waals surface area contributed by atoms with Gasteiger partial charge in [0.15, 0.2) is 0 Å². The number of rotatable bonds is 3. The molecule has 0 saturated carbocycles. The molecule has 2 unspecified atom stereocenters. The number of hydrogen-bond acceptors (Lipinski definition) is 4. The molecule has 1 aromatic carbocycles. The highest BCUT2D eigenvalue weighted by atomic mass is 19.1. The Labute approximate surface area is 105 Å². The number of benzene rings is 1. The highest BCUT2D eigenvalue weighted by Gasteiger charge is 2.24. The Kier molecular flexibility index (Phi) is 3.81. The van der Waals surface area contributed by atoms with Gasteiger partial charge in [0, 0.05) is 5.69 Å². The Morgan fingerprint density at radius 1 is 1.56 bits per heavy atom. The van der Waals surface area contributed by atoms with Gasteiger partial charge in [-0.1, -0.05) is 0 Å². The van der Waals surface area contributed by atoms with E-state index in [1.54, 1.807) is 0 Å². The first-order valence-electron chi connectivity index (χ1n) is 5.94. The normalized spacial score (nSPS) is 23.0. The van der Waals surface area contributed by atoms with E-state index in [4.69, 9.17) is 15.2 Å². The maximum atomic E-state index is 13.4. The molecular formula is C13H16FNO3. The number of carbonyl (C=O) groups excluding carboxylic acids is 1. The fraction of sp³-hybridized carbons (Fsp3) is 0.462. The highest BCUT2D eigenvalue weighted by molar-refractivity contribution is 5.90. The number of anilines is 1. The first-order valence-corrected chi connectivity index (χ1v) is 5.94. The Morgan fingerprint density at radius 3 is 3.00 bits per heavy atom. The standard InChI is InChI=1S/C13H16FNO3/c1-8-2-4-10(18-8)7-17-13(16)11-6-9(15)3-5-12(11)14/h3,5-6,8,10H,2,4,7,15H2,1H3. The molecule has 1 heterocycles. The number of esters is 1. The highest BCUT2D eigenvalue weighted by Crippen LogP contribution is 2.20. The molecule has 0 bridgehead atoms. The van der Waals surface area contributed by atoms with E-state index in [0.717, 1.165) is 18.9 Å². The van der Waals surface area contributed by atoms with Gasteiger partial charge < -0.3 is 15.2 Å². The van der Waals surface area contributed by atoms with Crippen LogP contribution in [0.25, 0.3) is 0 Å². The summed E-state index contributed by atoms with van der Waals surface area (Å²) in [6, 6.07) is 3.82. The summed E-state index contributed by atoms with van der Waals surface area (Å²) in [6.45, 7) is 2.12. The lowest BCUT2D eigenvalue weighted by Gasteiger charge is -2.12. The van der Waals surface area contributed by atoms with Gasteiger partial charge in [-0.3, -0.25) is 0 Å². The van der Waals surface area contributed by atoms with Gasteiger partial charge >= 0.3 is 5.97 Å². The predicted octanol–water partition coefficient (Wildman–Crippen LogP) is 2.13. The Bertz CT molecular complexity index is 450. The molecule has 1 fully saturated rings. The van der Waals surface area contributed by atoms with Gasteiger partial charge in [-0.2, -0.15) is 0 Å². The van der Waals surface area contributed by atoms with Gasteiger partial charge in [-0.25, -0.2) is 9.18 Å². The molecule has 5 heteroatoms. The summed E-state index contributed by atoms with van der Waals surface area (Å²) in [6.07, 6.45) is 1.91. The molecule has 0 aliphatic carbocycles. The second-order valence-electron chi connectivity index (χ2n) is 4.48. The fourth-order valence-electron chi connectivity index (χ4n) is 1.95. The largest absolute Gasteiger partial charge is 0.459 e. The van der Waals surface area contributed by atoms with E-state index >= 15 is 0 Å². The number of halogens is 1. The number of hydrogen-bond donors (Lipinski definition) is 1. The van der Waals surface area contributed by atoms with E-state index in [2.05, 4.69) is 0 Å². The van der Waals surface area contributed by atoms with E-state index in [0.29, 0.717) is 5.69 Å². The van der Waals surface area contributed by atoms with Crippen molar-refractivity contribution >= 4 is 11.7 Å². The summed E-state index contributed by atoms with van der Waals surface area (Å²) in [5.41, 5.74) is 5.69. The molecule has 0 radical (unpaired) electrons. The third kappa shape index (κ3) is 2.98. The van der Waals surface area contributed by atoms with Crippen LogP contribution in [0.1, 0.15) is 30.1 Å². The number of carbonyl (C=O) groups is 1. The Morgan fingerprint density at radius 2 is 2.33 bits per heavy atom. The van der Waals surface area contributed by atoms with E-state index in [1.807, 2.05) is 6.92 Å². The van der Waals surface area contributed by atoms with Crippen LogP contribution in [0, 0.1) is 5.82 Å². The van der Waals surface area contributed by atoms with Crippen LogP contribution in [0.3, 0.4) is 0 Å². The van der Waals surface area contributed by atoms with Crippen molar-refractivity contribution in [2.45, 2.75) is 32.0 Å². The van der Waals surface area contributed by atoms with Crippen molar-refractivity contribution in [1.82, 2.24) is 0 Å². The van der Waals surface area contributed by atoms with Crippen molar-refractivity contribution in [2.75, 3.05) is 12.3 Å². The minimum atomic E-state index is -0.706. The number of nitrogens with two attached hydrogens (primary N) is 1. The average Bonchev–Trinajstić information content (AvgIpc) is 2.75. The van der Waals surface area contributed by atoms with Crippen LogP contribution < -0.4 is 5.73 Å². The van der Waals surface area contributed by atoms with Gasteiger partial charge in [0.05, 0.1) is 17.8 Å². The lowest BCUT2D eigenvalue weighted by atomic mass is 10.2. The van der Waals surface area contributed by atoms with Crippen LogP contribution in [-0.2, 0) is 9.47 Å². The zero-order valence-corrected chi connectivity index (χ0v) is 10.2. The van der Waals surface area contributed by atoms with Crippen molar-refractivity contribution < 1.29 is 18.7 Å².